The van der Waals surface area contributed by atoms with Gasteiger partial charge in [0.15, 0.2) is 0 Å². The third-order valence-corrected chi connectivity index (χ3v) is 19.1. The minimum absolute atomic E-state index is 1.39. The van der Waals surface area contributed by atoms with E-state index in [9.17, 15) is 0 Å². The molecule has 0 bridgehead atoms. The molecule has 28 heavy (non-hydrogen) atoms. The van der Waals surface area contributed by atoms with Gasteiger partial charge >= 0.3 is 0 Å². The van der Waals surface area contributed by atoms with Gasteiger partial charge in [0.25, 0.3) is 0 Å². The van der Waals surface area contributed by atoms with Crippen LogP contribution in [0.15, 0.2) is 43.0 Å². The Labute approximate surface area is 207 Å². The highest BCUT2D eigenvalue weighted by atomic mass is 32.9. The fourth-order valence-corrected chi connectivity index (χ4v) is 17.8. The lowest BCUT2D eigenvalue weighted by molar-refractivity contribution is 2.33. The SMILES string of the molecule is c1csc2c(s1)ssc1sccsc1c1sccsc1ssc1sccsc12. The zero-order valence-corrected chi connectivity index (χ0v) is 23.3. The summed E-state index contributed by atoms with van der Waals surface area (Å²) in [6, 6.07) is 0. The van der Waals surface area contributed by atoms with Gasteiger partial charge in [-0.25, -0.2) is 0 Å². The fourth-order valence-electron chi connectivity index (χ4n) is 2.11. The summed E-state index contributed by atoms with van der Waals surface area (Å²) in [6.45, 7) is 0. The molecule has 0 aliphatic rings. The highest BCUT2D eigenvalue weighted by Gasteiger charge is 2.03. The number of rotatable bonds is 0. The maximum absolute atomic E-state index is 2.21. The molecule has 0 spiro atoms. The van der Waals surface area contributed by atoms with Crippen molar-refractivity contribution in [1.29, 1.82) is 0 Å². The zero-order chi connectivity index (χ0) is 18.8. The Morgan fingerprint density at radius 1 is 0.286 bits per heavy atom. The van der Waals surface area contributed by atoms with Crippen molar-refractivity contribution in [3.05, 3.63) is 43.0 Å². The van der Waals surface area contributed by atoms with Gasteiger partial charge < -0.3 is 0 Å². The van der Waals surface area contributed by atoms with E-state index in [0.717, 1.165) is 0 Å². The van der Waals surface area contributed by atoms with Crippen molar-refractivity contribution in [2.24, 2.45) is 0 Å². The molecule has 0 aliphatic carbocycles. The summed E-state index contributed by atoms with van der Waals surface area (Å²) in [5.74, 6) is 0. The monoisotopic (exact) mass is 584 g/mol. The molecule has 12 heteroatoms. The van der Waals surface area contributed by atoms with Gasteiger partial charge in [-0.3, -0.25) is 0 Å². The topological polar surface area (TPSA) is 0 Å². The second kappa shape index (κ2) is 9.79. The molecule has 0 aromatic carbocycles. The summed E-state index contributed by atoms with van der Waals surface area (Å²) in [6.07, 6.45) is 0. The number of fused-ring (bicyclic) bond motifs is 6. The number of hydrogen-bond donors (Lipinski definition) is 0. The quantitative estimate of drug-likeness (QED) is 0.159. The lowest BCUT2D eigenvalue weighted by Crippen LogP contribution is -1.61. The standard InChI is InChI=1S/C16H8S12/c1-5-21-13-9(17-1)10-14(22-6-2-18-10)26-28-16-12(20-4-8-24-16)11-15(27-25-13)23-7-3-19-11/h1-8H. The smallest absolute Gasteiger partial charge is 0.109 e. The summed E-state index contributed by atoms with van der Waals surface area (Å²) in [7, 11) is 7.63. The van der Waals surface area contributed by atoms with Crippen molar-refractivity contribution < 1.29 is 0 Å². The maximum atomic E-state index is 2.21. The minimum atomic E-state index is 1.39. The van der Waals surface area contributed by atoms with Crippen LogP contribution < -0.4 is 0 Å². The van der Waals surface area contributed by atoms with Gasteiger partial charge in [0.2, 0.25) is 0 Å². The highest BCUT2D eigenvalue weighted by molar-refractivity contribution is 7.80. The first kappa shape index (κ1) is 20.5. The molecule has 5 heterocycles. The lowest BCUT2D eigenvalue weighted by Gasteiger charge is -1.97. The predicted molar refractivity (Wildman–Crippen MR) is 150 cm³/mol. The third-order valence-electron chi connectivity index (χ3n) is 3.21. The molecule has 0 N–H and O–H groups in total. The molecule has 0 unspecified atom stereocenters. The molecule has 0 amide bonds. The van der Waals surface area contributed by atoms with E-state index in [2.05, 4.69) is 43.0 Å². The van der Waals surface area contributed by atoms with E-state index in [4.69, 9.17) is 0 Å². The van der Waals surface area contributed by atoms with E-state index in [1.807, 2.05) is 132 Å². The Kier molecular flexibility index (Phi) is 7.16. The van der Waals surface area contributed by atoms with Crippen molar-refractivity contribution in [3.8, 4) is 0 Å². The van der Waals surface area contributed by atoms with Gasteiger partial charge in [-0.15, -0.1) is 90.7 Å². The minimum Gasteiger partial charge on any atom is -0.140 e. The van der Waals surface area contributed by atoms with E-state index >= 15 is 0 Å². The van der Waals surface area contributed by atoms with E-state index in [0.29, 0.717) is 0 Å². The van der Waals surface area contributed by atoms with Crippen LogP contribution in [0, 0.1) is 0 Å². The molecular formula is C16H8S12. The normalized spacial score (nSPS) is 10.9. The average molecular weight is 585 g/mol. The summed E-state index contributed by atoms with van der Waals surface area (Å²) in [5.41, 5.74) is 0. The van der Waals surface area contributed by atoms with Gasteiger partial charge in [-0.1, -0.05) is 41.4 Å². The fraction of sp³-hybridized carbons (Fsp3) is 0. The van der Waals surface area contributed by atoms with Crippen molar-refractivity contribution in [2.75, 3.05) is 0 Å². The molecule has 0 saturated carbocycles. The summed E-state index contributed by atoms with van der Waals surface area (Å²) in [4.78, 5) is 0. The van der Waals surface area contributed by atoms with Crippen molar-refractivity contribution >= 4 is 167 Å². The van der Waals surface area contributed by atoms with E-state index < -0.39 is 0 Å². The Morgan fingerprint density at radius 3 is 0.750 bits per heavy atom. The van der Waals surface area contributed by atoms with Gasteiger partial charge in [-0.05, 0) is 0 Å². The van der Waals surface area contributed by atoms with Gasteiger partial charge in [0.1, 0.15) is 16.1 Å². The first-order chi connectivity index (χ1) is 13.9. The van der Waals surface area contributed by atoms with Crippen LogP contribution in [0.4, 0.5) is 0 Å². The Hall–Kier alpha value is 0.560. The Bertz CT molecular complexity index is 1220. The first-order valence-electron chi connectivity index (χ1n) is 7.50. The zero-order valence-electron chi connectivity index (χ0n) is 13.5. The summed E-state index contributed by atoms with van der Waals surface area (Å²) in [5, 5.41) is 17.7. The predicted octanol–water partition coefficient (Wildman–Crippen LogP) is 12.1. The van der Waals surface area contributed by atoms with Crippen LogP contribution in [0.1, 0.15) is 0 Å². The van der Waals surface area contributed by atoms with Crippen LogP contribution in [-0.4, -0.2) is 0 Å². The van der Waals surface area contributed by atoms with Crippen LogP contribution >= 0.6 is 132 Å². The molecule has 0 aliphatic heterocycles. The maximum Gasteiger partial charge on any atom is 0.109 e. The third kappa shape index (κ3) is 4.43. The molecular weight excluding hydrogens is 577 g/mol. The molecule has 0 radical (unpaired) electrons. The highest BCUT2D eigenvalue weighted by Crippen LogP contribution is 2.41. The molecule has 144 valence electrons. The van der Waals surface area contributed by atoms with Crippen LogP contribution in [0.25, 0.3) is 34.9 Å². The molecule has 0 saturated heterocycles. The second-order valence-corrected chi connectivity index (χ2v) is 17.5. The van der Waals surface area contributed by atoms with Crippen molar-refractivity contribution in [3.63, 3.8) is 0 Å². The molecule has 5 aromatic heterocycles. The van der Waals surface area contributed by atoms with Gasteiger partial charge in [-0.2, -0.15) is 0 Å². The van der Waals surface area contributed by atoms with Crippen LogP contribution in [0.3, 0.4) is 0 Å². The average Bonchev–Trinajstić information content (AvgIpc) is 2.76. The molecule has 5 aromatic rings. The summed E-state index contributed by atoms with van der Waals surface area (Å²) < 4.78 is 11.2. The molecule has 0 fully saturated rings. The molecule has 0 atom stereocenters. The van der Waals surface area contributed by atoms with Gasteiger partial charge in [0, 0.05) is 43.0 Å². The van der Waals surface area contributed by atoms with E-state index in [1.165, 1.54) is 34.9 Å². The Balaban J connectivity index is 2.09. The van der Waals surface area contributed by atoms with Crippen molar-refractivity contribution in [2.45, 2.75) is 0 Å². The van der Waals surface area contributed by atoms with Crippen LogP contribution in [0.2, 0.25) is 0 Å². The Morgan fingerprint density at radius 2 is 0.500 bits per heavy atom. The van der Waals surface area contributed by atoms with Crippen LogP contribution in [-0.2, 0) is 0 Å². The molecule has 5 rings (SSSR count). The summed E-state index contributed by atoms with van der Waals surface area (Å²) >= 11 is 14.8. The van der Waals surface area contributed by atoms with E-state index in [1.54, 1.807) is 0 Å². The largest absolute Gasteiger partial charge is 0.140 e. The number of hydrogen-bond acceptors (Lipinski definition) is 12. The van der Waals surface area contributed by atoms with Crippen LogP contribution in [0.5, 0.6) is 0 Å². The van der Waals surface area contributed by atoms with Gasteiger partial charge in [0.05, 0.1) is 18.8 Å². The van der Waals surface area contributed by atoms with Crippen molar-refractivity contribution in [1.82, 2.24) is 0 Å². The lowest BCUT2D eigenvalue weighted by atomic mass is 10.6. The molecule has 0 nitrogen and oxygen atoms in total. The second-order valence-electron chi connectivity index (χ2n) is 4.83. The first-order valence-corrected chi connectivity index (χ1v) is 18.8. The van der Waals surface area contributed by atoms with E-state index in [-0.39, 0.29) is 0 Å².